The molecule has 0 saturated carbocycles. The lowest BCUT2D eigenvalue weighted by atomic mass is 10.1. The van der Waals surface area contributed by atoms with Crippen LogP contribution in [-0.4, -0.2) is 30.6 Å². The van der Waals surface area contributed by atoms with Gasteiger partial charge < -0.3 is 14.8 Å². The molecule has 0 unspecified atom stereocenters. The zero-order chi connectivity index (χ0) is 19.4. The lowest BCUT2D eigenvalue weighted by Crippen LogP contribution is -2.21. The van der Waals surface area contributed by atoms with Gasteiger partial charge >= 0.3 is 5.97 Å². The first-order chi connectivity index (χ1) is 13.0. The number of rotatable bonds is 5. The number of ether oxygens (including phenoxy) is 2. The summed E-state index contributed by atoms with van der Waals surface area (Å²) in [7, 11) is 1.20. The molecule has 0 aliphatic carbocycles. The van der Waals surface area contributed by atoms with E-state index in [0.717, 1.165) is 0 Å². The zero-order valence-electron chi connectivity index (χ0n) is 14.2. The minimum atomic E-state index is -0.707. The van der Waals surface area contributed by atoms with Gasteiger partial charge in [0.15, 0.2) is 12.3 Å². The predicted molar refractivity (Wildman–Crippen MR) is 93.6 cm³/mol. The highest BCUT2D eigenvalue weighted by Crippen LogP contribution is 2.27. The molecule has 6 nitrogen and oxygen atoms in total. The number of carbonyl (C=O) groups is 2. The number of halogens is 2. The van der Waals surface area contributed by atoms with E-state index < -0.39 is 30.1 Å². The smallest absolute Gasteiger partial charge is 0.356 e. The second-order valence-electron chi connectivity index (χ2n) is 5.48. The number of anilines is 1. The molecule has 0 fully saturated rings. The highest BCUT2D eigenvalue weighted by molar-refractivity contribution is 5.95. The quantitative estimate of drug-likeness (QED) is 0.696. The Balaban J connectivity index is 1.84. The van der Waals surface area contributed by atoms with E-state index in [4.69, 9.17) is 4.74 Å². The second kappa shape index (κ2) is 7.77. The van der Waals surface area contributed by atoms with Crippen LogP contribution in [0.1, 0.15) is 10.5 Å². The fourth-order valence-electron chi connectivity index (χ4n) is 2.39. The van der Waals surface area contributed by atoms with Crippen LogP contribution in [0, 0.1) is 11.6 Å². The number of aromatic nitrogens is 1. The summed E-state index contributed by atoms with van der Waals surface area (Å²) in [5.74, 6) is -2.38. The van der Waals surface area contributed by atoms with Gasteiger partial charge in [0.2, 0.25) is 0 Å². The first-order valence-electron chi connectivity index (χ1n) is 7.83. The Hall–Kier alpha value is -3.55. The van der Waals surface area contributed by atoms with Crippen molar-refractivity contribution in [3.05, 3.63) is 65.9 Å². The van der Waals surface area contributed by atoms with Gasteiger partial charge in [-0.3, -0.25) is 4.79 Å². The molecular formula is C19H14F2N2O4. The molecule has 3 aromatic rings. The largest absolute Gasteiger partial charge is 0.483 e. The van der Waals surface area contributed by atoms with Gasteiger partial charge in [0.25, 0.3) is 5.91 Å². The molecule has 2 aromatic carbocycles. The maximum atomic E-state index is 13.6. The summed E-state index contributed by atoms with van der Waals surface area (Å²) in [5, 5.41) is 2.65. The highest BCUT2D eigenvalue weighted by atomic mass is 19.1. The summed E-state index contributed by atoms with van der Waals surface area (Å²) in [6.07, 6.45) is 0. The number of pyridine rings is 1. The number of carbonyl (C=O) groups excluding carboxylic acids is 2. The normalized spacial score (nSPS) is 10.5. The standard InChI is InChI=1S/C19H14F2N2O4/c1-26-19(25)16-9-17(12-8-11(20)6-7-14(12)22-16)27-10-18(24)23-15-5-3-2-4-13(15)21/h2-9H,10H2,1H3,(H,23,24). The topological polar surface area (TPSA) is 77.5 Å². The number of nitrogens with zero attached hydrogens (tertiary/aromatic N) is 1. The van der Waals surface area contributed by atoms with Crippen LogP contribution >= 0.6 is 0 Å². The van der Waals surface area contributed by atoms with Crippen molar-refractivity contribution >= 4 is 28.5 Å². The van der Waals surface area contributed by atoms with Crippen LogP contribution in [0.25, 0.3) is 10.9 Å². The van der Waals surface area contributed by atoms with Gasteiger partial charge in [-0.25, -0.2) is 18.6 Å². The van der Waals surface area contributed by atoms with Gasteiger partial charge in [0, 0.05) is 11.5 Å². The van der Waals surface area contributed by atoms with Crippen LogP contribution in [0.2, 0.25) is 0 Å². The average Bonchev–Trinajstić information content (AvgIpc) is 2.67. The van der Waals surface area contributed by atoms with Gasteiger partial charge in [-0.1, -0.05) is 12.1 Å². The molecule has 1 heterocycles. The number of benzene rings is 2. The molecule has 0 aliphatic rings. The van der Waals surface area contributed by atoms with Crippen molar-refractivity contribution in [2.24, 2.45) is 0 Å². The van der Waals surface area contributed by atoms with Gasteiger partial charge in [-0.2, -0.15) is 0 Å². The number of fused-ring (bicyclic) bond motifs is 1. The first-order valence-corrected chi connectivity index (χ1v) is 7.83. The van der Waals surface area contributed by atoms with Crippen LogP contribution in [0.3, 0.4) is 0 Å². The molecule has 0 bridgehead atoms. The summed E-state index contributed by atoms with van der Waals surface area (Å²) in [4.78, 5) is 27.9. The Morgan fingerprint density at radius 3 is 2.63 bits per heavy atom. The summed E-state index contributed by atoms with van der Waals surface area (Å²) in [6, 6.07) is 10.7. The van der Waals surface area contributed by atoms with Crippen LogP contribution in [0.15, 0.2) is 48.5 Å². The van der Waals surface area contributed by atoms with Gasteiger partial charge in [-0.15, -0.1) is 0 Å². The monoisotopic (exact) mass is 372 g/mol. The van der Waals surface area contributed by atoms with E-state index in [0.29, 0.717) is 5.52 Å². The van der Waals surface area contributed by atoms with Crippen LogP contribution in [0.5, 0.6) is 5.75 Å². The highest BCUT2D eigenvalue weighted by Gasteiger charge is 2.15. The molecule has 0 atom stereocenters. The second-order valence-corrected chi connectivity index (χ2v) is 5.48. The molecule has 1 aromatic heterocycles. The van der Waals surface area contributed by atoms with E-state index in [1.54, 1.807) is 6.07 Å². The van der Waals surface area contributed by atoms with Gasteiger partial charge in [0.05, 0.1) is 18.3 Å². The number of para-hydroxylation sites is 1. The molecule has 27 heavy (non-hydrogen) atoms. The fourth-order valence-corrected chi connectivity index (χ4v) is 2.39. The van der Waals surface area contributed by atoms with Crippen molar-refractivity contribution in [2.75, 3.05) is 19.0 Å². The number of esters is 1. The number of hydrogen-bond acceptors (Lipinski definition) is 5. The summed E-state index contributed by atoms with van der Waals surface area (Å²) in [6.45, 7) is -0.482. The third-order valence-electron chi connectivity index (χ3n) is 3.63. The zero-order valence-corrected chi connectivity index (χ0v) is 14.2. The number of hydrogen-bond donors (Lipinski definition) is 1. The minimum absolute atomic E-state index is 0.00646. The first kappa shape index (κ1) is 18.2. The van der Waals surface area contributed by atoms with Crippen molar-refractivity contribution in [1.82, 2.24) is 4.98 Å². The molecule has 0 aliphatic heterocycles. The summed E-state index contributed by atoms with van der Waals surface area (Å²) < 4.78 is 37.2. The van der Waals surface area contributed by atoms with Crippen LogP contribution < -0.4 is 10.1 Å². The van der Waals surface area contributed by atoms with Crippen LogP contribution in [0.4, 0.5) is 14.5 Å². The van der Waals surface area contributed by atoms with E-state index in [1.165, 1.54) is 49.6 Å². The van der Waals surface area contributed by atoms with E-state index >= 15 is 0 Å². The molecule has 0 spiro atoms. The molecule has 3 rings (SSSR count). The fraction of sp³-hybridized carbons (Fsp3) is 0.105. The summed E-state index contributed by atoms with van der Waals surface area (Å²) >= 11 is 0. The van der Waals surface area contributed by atoms with Crippen molar-refractivity contribution in [2.45, 2.75) is 0 Å². The van der Waals surface area contributed by atoms with Crippen molar-refractivity contribution in [3.8, 4) is 5.75 Å². The van der Waals surface area contributed by atoms with Gasteiger partial charge in [0.1, 0.15) is 17.4 Å². The van der Waals surface area contributed by atoms with Crippen molar-refractivity contribution in [3.63, 3.8) is 0 Å². The predicted octanol–water partition coefficient (Wildman–Crippen LogP) is 3.32. The Labute approximate surface area is 152 Å². The Morgan fingerprint density at radius 1 is 1.11 bits per heavy atom. The molecule has 8 heteroatoms. The average molecular weight is 372 g/mol. The minimum Gasteiger partial charge on any atom is -0.483 e. The summed E-state index contributed by atoms with van der Waals surface area (Å²) in [5.41, 5.74) is 0.247. The maximum Gasteiger partial charge on any atom is 0.356 e. The van der Waals surface area contributed by atoms with E-state index in [-0.39, 0.29) is 22.5 Å². The Bertz CT molecular complexity index is 1020. The molecule has 1 N–H and O–H groups in total. The SMILES string of the molecule is COC(=O)c1cc(OCC(=O)Nc2ccccc2F)c2cc(F)ccc2n1. The Morgan fingerprint density at radius 2 is 1.89 bits per heavy atom. The van der Waals surface area contributed by atoms with Crippen LogP contribution in [-0.2, 0) is 9.53 Å². The van der Waals surface area contributed by atoms with Crippen molar-refractivity contribution < 1.29 is 27.8 Å². The molecule has 138 valence electrons. The lowest BCUT2D eigenvalue weighted by molar-refractivity contribution is -0.118. The molecule has 0 radical (unpaired) electrons. The number of amides is 1. The third-order valence-corrected chi connectivity index (χ3v) is 3.63. The number of methoxy groups -OCH3 is 1. The third kappa shape index (κ3) is 4.17. The Kier molecular flexibility index (Phi) is 5.25. The molecular weight excluding hydrogens is 358 g/mol. The maximum absolute atomic E-state index is 13.6. The van der Waals surface area contributed by atoms with Crippen molar-refractivity contribution in [1.29, 1.82) is 0 Å². The van der Waals surface area contributed by atoms with Gasteiger partial charge in [-0.05, 0) is 30.3 Å². The molecule has 1 amide bonds. The van der Waals surface area contributed by atoms with E-state index in [1.807, 2.05) is 0 Å². The molecule has 0 saturated heterocycles. The number of nitrogens with one attached hydrogen (secondary N) is 1. The van der Waals surface area contributed by atoms with E-state index in [2.05, 4.69) is 15.0 Å². The van der Waals surface area contributed by atoms with E-state index in [9.17, 15) is 18.4 Å². The lowest BCUT2D eigenvalue weighted by Gasteiger charge is -2.11.